The minimum absolute atomic E-state index is 0.183. The van der Waals surface area contributed by atoms with Crippen LogP contribution in [0.1, 0.15) is 56.0 Å². The van der Waals surface area contributed by atoms with Gasteiger partial charge in [0, 0.05) is 11.1 Å². The molecule has 0 bridgehead atoms. The predicted octanol–water partition coefficient (Wildman–Crippen LogP) is 6.34. The van der Waals surface area contributed by atoms with E-state index in [1.807, 2.05) is 6.92 Å². The van der Waals surface area contributed by atoms with Gasteiger partial charge in [-0.1, -0.05) is 54.6 Å². The van der Waals surface area contributed by atoms with Gasteiger partial charge in [0.15, 0.2) is 0 Å². The maximum atomic E-state index is 14.1. The molecule has 4 rings (SSSR count). The van der Waals surface area contributed by atoms with Gasteiger partial charge in [-0.25, -0.2) is 9.07 Å². The molecular weight excluding hydrogens is 399 g/mol. The van der Waals surface area contributed by atoms with Gasteiger partial charge in [0.25, 0.3) is 0 Å². The molecule has 3 nitrogen and oxygen atoms in total. The van der Waals surface area contributed by atoms with Crippen molar-refractivity contribution in [1.82, 2.24) is 9.78 Å². The van der Waals surface area contributed by atoms with Gasteiger partial charge < -0.3 is 5.11 Å². The number of fused-ring (bicyclic) bond motifs is 1. The summed E-state index contributed by atoms with van der Waals surface area (Å²) in [6, 6.07) is 6.54. The molecule has 30 heavy (non-hydrogen) atoms. The lowest BCUT2D eigenvalue weighted by Crippen LogP contribution is -2.08. The number of aromatic nitrogens is 2. The number of nitrogens with zero attached hydrogens (tertiary/aromatic N) is 2. The van der Waals surface area contributed by atoms with Gasteiger partial charge in [-0.05, 0) is 68.1 Å². The average Bonchev–Trinajstić information content (AvgIpc) is 3.26. The zero-order valence-corrected chi connectivity index (χ0v) is 18.3. The van der Waals surface area contributed by atoms with E-state index in [0.29, 0.717) is 45.3 Å². The Hall–Kier alpha value is -2.17. The first-order valence-electron chi connectivity index (χ1n) is 10.4. The van der Waals surface area contributed by atoms with Crippen molar-refractivity contribution < 1.29 is 9.50 Å². The van der Waals surface area contributed by atoms with Crippen LogP contribution in [0.25, 0.3) is 5.57 Å². The topological polar surface area (TPSA) is 38.1 Å². The van der Waals surface area contributed by atoms with E-state index in [4.69, 9.17) is 11.6 Å². The van der Waals surface area contributed by atoms with Gasteiger partial charge in [-0.2, -0.15) is 5.10 Å². The summed E-state index contributed by atoms with van der Waals surface area (Å²) in [7, 11) is 0. The van der Waals surface area contributed by atoms with Crippen LogP contribution >= 0.6 is 11.6 Å². The molecule has 1 heterocycles. The Balaban J connectivity index is 1.54. The molecule has 5 heteroatoms. The van der Waals surface area contributed by atoms with Crippen molar-refractivity contribution in [2.75, 3.05) is 0 Å². The molecule has 0 amide bonds. The number of hydrogen-bond donors (Lipinski definition) is 1. The normalized spacial score (nSPS) is 23.5. The van der Waals surface area contributed by atoms with Crippen LogP contribution in [0.4, 0.5) is 4.39 Å². The van der Waals surface area contributed by atoms with Crippen LogP contribution in [0.3, 0.4) is 0 Å². The molecule has 1 unspecified atom stereocenters. The maximum absolute atomic E-state index is 14.1. The standard InChI is InChI=1S/C25H28ClFN2O/c1-14(2)22-23(28-29(25(22)26)13-17-7-5-6-8-21(17)27)24(30)16(4)12-20-18-10-9-15(3)11-19(18)20/h5-9,18-20,24,30H,1,4,10-13H2,2-3H3/t18-,19+,20+,24?/m1/s1. The summed E-state index contributed by atoms with van der Waals surface area (Å²) in [6.45, 7) is 12.4. The molecule has 1 aromatic carbocycles. The Morgan fingerprint density at radius 2 is 2.07 bits per heavy atom. The number of halogens is 2. The molecule has 0 radical (unpaired) electrons. The van der Waals surface area contributed by atoms with Crippen LogP contribution in [0.2, 0.25) is 5.15 Å². The Kier molecular flexibility index (Phi) is 5.73. The van der Waals surface area contributed by atoms with Crippen molar-refractivity contribution in [1.29, 1.82) is 0 Å². The van der Waals surface area contributed by atoms with E-state index in [1.54, 1.807) is 18.2 Å². The van der Waals surface area contributed by atoms with E-state index in [1.165, 1.54) is 16.3 Å². The SMILES string of the molecule is C=C(C)c1c(C(O)C(=C)C[C@H]2[C@@H]3CC=C(C)C[C@@H]32)nn(Cc2ccccc2F)c1Cl. The molecule has 4 atom stereocenters. The Morgan fingerprint density at radius 3 is 2.73 bits per heavy atom. The molecular formula is C25H28ClFN2O. The highest BCUT2D eigenvalue weighted by Crippen LogP contribution is 2.58. The fourth-order valence-corrected chi connectivity index (χ4v) is 5.17. The van der Waals surface area contributed by atoms with Gasteiger partial charge in [-0.15, -0.1) is 0 Å². The Morgan fingerprint density at radius 1 is 1.33 bits per heavy atom. The number of hydrogen-bond acceptors (Lipinski definition) is 2. The highest BCUT2D eigenvalue weighted by molar-refractivity contribution is 6.31. The molecule has 1 fully saturated rings. The summed E-state index contributed by atoms with van der Waals surface area (Å²) in [4.78, 5) is 0. The van der Waals surface area contributed by atoms with E-state index in [2.05, 4.69) is 31.3 Å². The van der Waals surface area contributed by atoms with E-state index < -0.39 is 6.10 Å². The molecule has 2 aliphatic rings. The van der Waals surface area contributed by atoms with Gasteiger partial charge in [-0.3, -0.25) is 0 Å². The lowest BCUT2D eigenvalue weighted by Gasteiger charge is -2.14. The molecule has 0 aliphatic heterocycles. The summed E-state index contributed by atoms with van der Waals surface area (Å²) in [5.41, 5.74) is 4.48. The van der Waals surface area contributed by atoms with E-state index in [-0.39, 0.29) is 12.4 Å². The van der Waals surface area contributed by atoms with Gasteiger partial charge in [0.1, 0.15) is 22.8 Å². The van der Waals surface area contributed by atoms with E-state index in [0.717, 1.165) is 24.8 Å². The first-order valence-corrected chi connectivity index (χ1v) is 10.8. The van der Waals surface area contributed by atoms with Gasteiger partial charge in [0.2, 0.25) is 0 Å². The summed E-state index contributed by atoms with van der Waals surface area (Å²) in [6.07, 6.45) is 4.48. The quantitative estimate of drug-likeness (QED) is 0.524. The second kappa shape index (κ2) is 8.16. The van der Waals surface area contributed by atoms with Crippen molar-refractivity contribution in [3.8, 4) is 0 Å². The van der Waals surface area contributed by atoms with Crippen LogP contribution < -0.4 is 0 Å². The summed E-state index contributed by atoms with van der Waals surface area (Å²) < 4.78 is 15.6. The fourth-order valence-electron chi connectivity index (χ4n) is 4.82. The highest BCUT2D eigenvalue weighted by Gasteiger charge is 2.50. The molecule has 0 saturated heterocycles. The lowest BCUT2D eigenvalue weighted by molar-refractivity contribution is 0.203. The van der Waals surface area contributed by atoms with Crippen LogP contribution in [0.5, 0.6) is 0 Å². The largest absolute Gasteiger partial charge is 0.382 e. The predicted molar refractivity (Wildman–Crippen MR) is 120 cm³/mol. The molecule has 1 N–H and O–H groups in total. The van der Waals surface area contributed by atoms with Crippen molar-refractivity contribution >= 4 is 17.2 Å². The molecule has 158 valence electrons. The number of rotatable bonds is 7. The van der Waals surface area contributed by atoms with Crippen molar-refractivity contribution in [3.05, 3.63) is 82.4 Å². The average molecular weight is 427 g/mol. The fraction of sp³-hybridized carbons (Fsp3) is 0.400. The van der Waals surface area contributed by atoms with Crippen molar-refractivity contribution in [2.24, 2.45) is 17.8 Å². The molecule has 1 saturated carbocycles. The van der Waals surface area contributed by atoms with Crippen LogP contribution in [0, 0.1) is 23.6 Å². The number of allylic oxidation sites excluding steroid dienone is 3. The van der Waals surface area contributed by atoms with E-state index in [9.17, 15) is 9.50 Å². The Labute approximate surface area is 182 Å². The second-order valence-electron chi connectivity index (χ2n) is 8.83. The summed E-state index contributed by atoms with van der Waals surface area (Å²) in [5, 5.41) is 16.0. The zero-order chi connectivity index (χ0) is 21.6. The summed E-state index contributed by atoms with van der Waals surface area (Å²) in [5.74, 6) is 1.68. The molecule has 2 aromatic rings. The number of aliphatic hydroxyl groups excluding tert-OH is 1. The smallest absolute Gasteiger partial charge is 0.135 e. The first-order chi connectivity index (χ1) is 14.3. The zero-order valence-electron chi connectivity index (χ0n) is 17.5. The minimum atomic E-state index is -0.923. The first kappa shape index (κ1) is 21.1. The third kappa shape index (κ3) is 3.91. The molecule has 0 spiro atoms. The van der Waals surface area contributed by atoms with Gasteiger partial charge in [0.05, 0.1) is 6.54 Å². The molecule has 1 aromatic heterocycles. The van der Waals surface area contributed by atoms with Gasteiger partial charge >= 0.3 is 0 Å². The summed E-state index contributed by atoms with van der Waals surface area (Å²) >= 11 is 6.58. The van der Waals surface area contributed by atoms with Crippen molar-refractivity contribution in [3.63, 3.8) is 0 Å². The Bertz CT molecular complexity index is 1040. The van der Waals surface area contributed by atoms with Crippen molar-refractivity contribution in [2.45, 2.75) is 45.8 Å². The lowest BCUT2D eigenvalue weighted by atomic mass is 9.97. The van der Waals surface area contributed by atoms with Crippen LogP contribution in [-0.2, 0) is 6.54 Å². The monoisotopic (exact) mass is 426 g/mol. The third-order valence-corrected chi connectivity index (χ3v) is 6.96. The van der Waals surface area contributed by atoms with E-state index >= 15 is 0 Å². The third-order valence-electron chi connectivity index (χ3n) is 6.57. The maximum Gasteiger partial charge on any atom is 0.135 e. The molecule has 2 aliphatic carbocycles. The highest BCUT2D eigenvalue weighted by atomic mass is 35.5. The van der Waals surface area contributed by atoms with Crippen LogP contribution in [0.15, 0.2) is 54.6 Å². The number of aliphatic hydroxyl groups is 1. The second-order valence-corrected chi connectivity index (χ2v) is 9.19. The minimum Gasteiger partial charge on any atom is -0.382 e. The van der Waals surface area contributed by atoms with Crippen LogP contribution in [-0.4, -0.2) is 14.9 Å². The number of benzene rings is 1.